The average molecular weight is 250 g/mol. The highest BCUT2D eigenvalue weighted by Crippen LogP contribution is 2.23. The van der Waals surface area contributed by atoms with Gasteiger partial charge in [-0.2, -0.15) is 0 Å². The van der Waals surface area contributed by atoms with Crippen LogP contribution in [0.2, 0.25) is 0 Å². The quantitative estimate of drug-likeness (QED) is 0.753. The lowest BCUT2D eigenvalue weighted by Crippen LogP contribution is -2.47. The molecule has 2 heteroatoms. The maximum atomic E-state index is 3.60. The number of allylic oxidation sites excluding steroid dienone is 1. The van der Waals surface area contributed by atoms with E-state index in [4.69, 9.17) is 0 Å². The number of nitrogens with zero attached hydrogens (tertiary/aromatic N) is 1. The SMILES string of the molecule is CCNC1CCN(CCC2=CCCCC2)C(C)C1. The monoisotopic (exact) mass is 250 g/mol. The number of likely N-dealkylation sites (tertiary alicyclic amines) is 1. The summed E-state index contributed by atoms with van der Waals surface area (Å²) in [5, 5.41) is 3.60. The van der Waals surface area contributed by atoms with Gasteiger partial charge in [0.25, 0.3) is 0 Å². The Kier molecular flexibility index (Phi) is 5.71. The van der Waals surface area contributed by atoms with E-state index in [9.17, 15) is 0 Å². The van der Waals surface area contributed by atoms with Crippen molar-refractivity contribution in [1.82, 2.24) is 10.2 Å². The average Bonchev–Trinajstić information content (AvgIpc) is 2.39. The van der Waals surface area contributed by atoms with Crippen molar-refractivity contribution in [2.24, 2.45) is 0 Å². The lowest BCUT2D eigenvalue weighted by atomic mass is 9.95. The molecule has 2 aliphatic rings. The van der Waals surface area contributed by atoms with Gasteiger partial charge in [-0.25, -0.2) is 0 Å². The van der Waals surface area contributed by atoms with Gasteiger partial charge in [-0.1, -0.05) is 18.6 Å². The first-order chi connectivity index (χ1) is 8.79. The molecular weight excluding hydrogens is 220 g/mol. The fourth-order valence-electron chi connectivity index (χ4n) is 3.45. The Balaban J connectivity index is 1.72. The second-order valence-electron chi connectivity index (χ2n) is 6.02. The minimum absolute atomic E-state index is 0.756. The third kappa shape index (κ3) is 4.10. The molecule has 0 amide bonds. The minimum Gasteiger partial charge on any atom is -0.314 e. The zero-order chi connectivity index (χ0) is 12.8. The van der Waals surface area contributed by atoms with E-state index >= 15 is 0 Å². The Labute approximate surface area is 113 Å². The summed E-state index contributed by atoms with van der Waals surface area (Å²) in [5.74, 6) is 0. The molecule has 0 aromatic rings. The Morgan fingerprint density at radius 2 is 2.28 bits per heavy atom. The molecule has 0 aromatic carbocycles. The first-order valence-electron chi connectivity index (χ1n) is 7.95. The molecule has 2 rings (SSSR count). The Bertz CT molecular complexity index is 272. The van der Waals surface area contributed by atoms with Crippen LogP contribution in [0, 0.1) is 0 Å². The molecule has 18 heavy (non-hydrogen) atoms. The van der Waals surface area contributed by atoms with Crippen LogP contribution in [0.15, 0.2) is 11.6 Å². The van der Waals surface area contributed by atoms with Gasteiger partial charge < -0.3 is 10.2 Å². The number of hydrogen-bond acceptors (Lipinski definition) is 2. The summed E-state index contributed by atoms with van der Waals surface area (Å²) in [4.78, 5) is 2.70. The lowest BCUT2D eigenvalue weighted by Gasteiger charge is -2.38. The first-order valence-corrected chi connectivity index (χ1v) is 7.95. The van der Waals surface area contributed by atoms with Crippen LogP contribution in [0.4, 0.5) is 0 Å². The van der Waals surface area contributed by atoms with Gasteiger partial charge in [-0.15, -0.1) is 0 Å². The van der Waals surface area contributed by atoms with Crippen LogP contribution in [0.1, 0.15) is 58.8 Å². The molecule has 2 atom stereocenters. The highest BCUT2D eigenvalue weighted by Gasteiger charge is 2.24. The molecule has 2 nitrogen and oxygen atoms in total. The van der Waals surface area contributed by atoms with Crippen molar-refractivity contribution in [3.05, 3.63) is 11.6 Å². The second-order valence-corrected chi connectivity index (χ2v) is 6.02. The van der Waals surface area contributed by atoms with Gasteiger partial charge in [0, 0.05) is 18.6 Å². The lowest BCUT2D eigenvalue weighted by molar-refractivity contribution is 0.138. The van der Waals surface area contributed by atoms with E-state index in [2.05, 4.69) is 30.1 Å². The molecule has 1 saturated heterocycles. The van der Waals surface area contributed by atoms with E-state index in [-0.39, 0.29) is 0 Å². The van der Waals surface area contributed by atoms with E-state index in [0.717, 1.165) is 18.6 Å². The van der Waals surface area contributed by atoms with Crippen LogP contribution < -0.4 is 5.32 Å². The molecule has 1 heterocycles. The molecule has 0 saturated carbocycles. The van der Waals surface area contributed by atoms with Crippen molar-refractivity contribution < 1.29 is 0 Å². The van der Waals surface area contributed by atoms with Crippen molar-refractivity contribution in [3.8, 4) is 0 Å². The van der Waals surface area contributed by atoms with Gasteiger partial charge in [-0.3, -0.25) is 0 Å². The predicted octanol–water partition coefficient (Wildman–Crippen LogP) is 3.34. The summed E-state index contributed by atoms with van der Waals surface area (Å²) < 4.78 is 0. The fraction of sp³-hybridized carbons (Fsp3) is 0.875. The number of piperidine rings is 1. The van der Waals surface area contributed by atoms with Gasteiger partial charge in [0.2, 0.25) is 0 Å². The van der Waals surface area contributed by atoms with Gasteiger partial charge in [0.1, 0.15) is 0 Å². The van der Waals surface area contributed by atoms with E-state index in [0.29, 0.717) is 0 Å². The highest BCUT2D eigenvalue weighted by atomic mass is 15.2. The van der Waals surface area contributed by atoms with Crippen molar-refractivity contribution in [1.29, 1.82) is 0 Å². The van der Waals surface area contributed by atoms with Crippen molar-refractivity contribution in [3.63, 3.8) is 0 Å². The molecule has 1 aliphatic heterocycles. The van der Waals surface area contributed by atoms with Crippen LogP contribution in [0.5, 0.6) is 0 Å². The highest BCUT2D eigenvalue weighted by molar-refractivity contribution is 5.05. The van der Waals surface area contributed by atoms with Gasteiger partial charge in [0.05, 0.1) is 0 Å². The second kappa shape index (κ2) is 7.30. The molecule has 2 unspecified atom stereocenters. The third-order valence-electron chi connectivity index (χ3n) is 4.61. The van der Waals surface area contributed by atoms with E-state index in [1.54, 1.807) is 5.57 Å². The largest absolute Gasteiger partial charge is 0.314 e. The molecule has 1 N–H and O–H groups in total. The molecule has 0 aromatic heterocycles. The van der Waals surface area contributed by atoms with Gasteiger partial charge in [-0.05, 0) is 65.0 Å². The summed E-state index contributed by atoms with van der Waals surface area (Å²) in [6.07, 6.45) is 12.0. The standard InChI is InChI=1S/C16H30N2/c1-3-17-16-10-12-18(14(2)13-16)11-9-15-7-5-4-6-8-15/h7,14,16-17H,3-6,8-13H2,1-2H3. The van der Waals surface area contributed by atoms with E-state index in [1.165, 1.54) is 58.0 Å². The number of rotatable bonds is 5. The van der Waals surface area contributed by atoms with Crippen LogP contribution in [0.25, 0.3) is 0 Å². The zero-order valence-corrected chi connectivity index (χ0v) is 12.3. The molecule has 1 fully saturated rings. The van der Waals surface area contributed by atoms with Gasteiger partial charge >= 0.3 is 0 Å². The zero-order valence-electron chi connectivity index (χ0n) is 12.3. The van der Waals surface area contributed by atoms with Crippen LogP contribution >= 0.6 is 0 Å². The first kappa shape index (κ1) is 14.1. The number of hydrogen-bond donors (Lipinski definition) is 1. The summed E-state index contributed by atoms with van der Waals surface area (Å²) >= 11 is 0. The van der Waals surface area contributed by atoms with E-state index in [1.807, 2.05) is 0 Å². The number of nitrogens with one attached hydrogen (secondary N) is 1. The van der Waals surface area contributed by atoms with Crippen molar-refractivity contribution in [2.75, 3.05) is 19.6 Å². The maximum absolute atomic E-state index is 3.60. The summed E-state index contributed by atoms with van der Waals surface area (Å²) in [6.45, 7) is 8.30. The summed E-state index contributed by atoms with van der Waals surface area (Å²) in [6, 6.07) is 1.52. The summed E-state index contributed by atoms with van der Waals surface area (Å²) in [7, 11) is 0. The van der Waals surface area contributed by atoms with Crippen LogP contribution in [0.3, 0.4) is 0 Å². The van der Waals surface area contributed by atoms with Crippen molar-refractivity contribution >= 4 is 0 Å². The van der Waals surface area contributed by atoms with E-state index < -0.39 is 0 Å². The molecule has 0 bridgehead atoms. The third-order valence-corrected chi connectivity index (χ3v) is 4.61. The molecule has 1 aliphatic carbocycles. The maximum Gasteiger partial charge on any atom is 0.00939 e. The fourth-order valence-corrected chi connectivity index (χ4v) is 3.45. The molecular formula is C16H30N2. The predicted molar refractivity (Wildman–Crippen MR) is 78.9 cm³/mol. The van der Waals surface area contributed by atoms with Gasteiger partial charge in [0.15, 0.2) is 0 Å². The molecule has 0 spiro atoms. The van der Waals surface area contributed by atoms with Crippen molar-refractivity contribution in [2.45, 2.75) is 70.9 Å². The Morgan fingerprint density at radius 3 is 2.94 bits per heavy atom. The molecule has 0 radical (unpaired) electrons. The molecule has 104 valence electrons. The normalized spacial score (nSPS) is 30.2. The minimum atomic E-state index is 0.756. The van der Waals surface area contributed by atoms with Crippen LogP contribution in [-0.4, -0.2) is 36.6 Å². The Hall–Kier alpha value is -0.340. The Morgan fingerprint density at radius 1 is 1.39 bits per heavy atom. The topological polar surface area (TPSA) is 15.3 Å². The van der Waals surface area contributed by atoms with Crippen LogP contribution in [-0.2, 0) is 0 Å². The summed E-state index contributed by atoms with van der Waals surface area (Å²) in [5.41, 5.74) is 1.72. The smallest absolute Gasteiger partial charge is 0.00939 e.